The fourth-order valence-corrected chi connectivity index (χ4v) is 0. The molecule has 1 radical (unpaired) electrons. The third-order valence-corrected chi connectivity index (χ3v) is 0. The van der Waals surface area contributed by atoms with Crippen LogP contribution < -0.4 is 0 Å². The van der Waals surface area contributed by atoms with Gasteiger partial charge in [-0.15, -0.1) is 0 Å². The van der Waals surface area contributed by atoms with Gasteiger partial charge in [-0.05, 0) is 0 Å². The normalized spacial score (nSPS) is 7.20. The standard InChI is InChI=1S/H3O3Si.Rf/c1-4(2)3;/h1-3H;. The molecule has 0 heterocycles. The van der Waals surface area contributed by atoms with Gasteiger partial charge in [-0.3, -0.25) is 0 Å². The molecule has 5 heavy (non-hydrogen) atoms. The Kier molecular flexibility index (Phi) is 5.53. The molecule has 27 valence electrons. The number of rotatable bonds is 0. The van der Waals surface area contributed by atoms with E-state index in [1.807, 2.05) is 0 Å². The van der Waals surface area contributed by atoms with Crippen LogP contribution in [0.25, 0.3) is 0 Å². The molecule has 0 saturated heterocycles. The monoisotopic (exact) mass is 346 g/mol. The Morgan fingerprint density at radius 1 is 1.00 bits per heavy atom. The van der Waals surface area contributed by atoms with E-state index in [1.54, 1.807) is 0 Å². The minimum Gasteiger partial charge on any atom is -0.388 e. The molecule has 0 aliphatic carbocycles. The van der Waals surface area contributed by atoms with E-state index in [9.17, 15) is 0 Å². The molecule has 3 N–H and O–H groups in total. The molecule has 0 saturated carbocycles. The van der Waals surface area contributed by atoms with Gasteiger partial charge >= 0.3 is 9.53 Å². The van der Waals surface area contributed by atoms with E-state index < -0.39 is 9.53 Å². The maximum Gasteiger partial charge on any atom is 0.569 e. The van der Waals surface area contributed by atoms with Crippen molar-refractivity contribution in [2.75, 3.05) is 0 Å². The maximum atomic E-state index is 7.27. The van der Waals surface area contributed by atoms with Gasteiger partial charge in [0.05, 0.1) is 0 Å². The molecule has 0 aliphatic heterocycles. The fourth-order valence-electron chi connectivity index (χ4n) is 0. The van der Waals surface area contributed by atoms with Crippen molar-refractivity contribution in [3.8, 4) is 0 Å². The molecule has 0 bridgehead atoms. The summed E-state index contributed by atoms with van der Waals surface area (Å²) >= 11 is 0. The average molecular weight is 346 g/mol. The fraction of sp³-hybridized carbons (Fsp3) is 0. The Bertz CT molecular complexity index is 11.6. The second-order valence-corrected chi connectivity index (χ2v) is 0.900. The van der Waals surface area contributed by atoms with Crippen LogP contribution in [0, 0.1) is 0 Å². The largest absolute Gasteiger partial charge is 0.569 e. The van der Waals surface area contributed by atoms with Crippen LogP contribution in [-0.2, 0) is 0 Å². The van der Waals surface area contributed by atoms with Gasteiger partial charge in [-0.1, -0.05) is 0 Å². The molecule has 0 rings (SSSR count). The minimum atomic E-state index is -2.88. The zero-order valence-corrected chi connectivity index (χ0v) is 9.95. The summed E-state index contributed by atoms with van der Waals surface area (Å²) in [5.74, 6) is 0. The molecular weight excluding hydrogens is 343 g/mol. The Balaban J connectivity index is 0. The van der Waals surface area contributed by atoms with Gasteiger partial charge < -0.3 is 14.4 Å². The van der Waals surface area contributed by atoms with Crippen molar-refractivity contribution in [2.45, 2.75) is 0 Å². The van der Waals surface area contributed by atoms with Crippen LogP contribution >= 0.6 is 0 Å². The Labute approximate surface area is 25.1 Å². The summed E-state index contributed by atoms with van der Waals surface area (Å²) in [5, 5.41) is 0. The summed E-state index contributed by atoms with van der Waals surface area (Å²) in [6, 6.07) is 0. The second kappa shape index (κ2) is 3.10. The summed E-state index contributed by atoms with van der Waals surface area (Å²) in [5.41, 5.74) is 0. The van der Waals surface area contributed by atoms with Crippen molar-refractivity contribution >= 4 is 9.53 Å². The molecular formula is H3O3RfSi. The van der Waals surface area contributed by atoms with E-state index in [4.69, 9.17) is 14.4 Å². The summed E-state index contributed by atoms with van der Waals surface area (Å²) in [7, 11) is -2.88. The minimum absolute atomic E-state index is 0. The molecule has 0 aromatic rings. The molecule has 0 amide bonds. The van der Waals surface area contributed by atoms with Crippen LogP contribution in [0.1, 0.15) is 0 Å². The summed E-state index contributed by atoms with van der Waals surface area (Å²) < 4.78 is 0. The van der Waals surface area contributed by atoms with Crippen LogP contribution in [0.2, 0.25) is 0 Å². The first-order valence-electron chi connectivity index (χ1n) is 0.671. The van der Waals surface area contributed by atoms with Gasteiger partial charge in [0.1, 0.15) is 0 Å². The summed E-state index contributed by atoms with van der Waals surface area (Å²) in [6.45, 7) is 0. The molecule has 0 spiro atoms. The van der Waals surface area contributed by atoms with Crippen molar-refractivity contribution < 1.29 is 14.4 Å². The Morgan fingerprint density at radius 2 is 1.00 bits per heavy atom. The van der Waals surface area contributed by atoms with Crippen molar-refractivity contribution in [1.82, 2.24) is 0 Å². The molecule has 0 aliphatic rings. The first kappa shape index (κ1) is 8.94. The van der Waals surface area contributed by atoms with Crippen LogP contribution in [0.4, 0.5) is 0 Å². The van der Waals surface area contributed by atoms with Crippen molar-refractivity contribution in [2.24, 2.45) is 0 Å². The first-order valence-corrected chi connectivity index (χ1v) is 2.01. The van der Waals surface area contributed by atoms with Gasteiger partial charge in [-0.2, -0.15) is 0 Å². The molecule has 0 aromatic heterocycles. The number of hydrogen-bond acceptors (Lipinski definition) is 3. The van der Waals surface area contributed by atoms with Crippen LogP contribution in [0.5, 0.6) is 0 Å². The van der Waals surface area contributed by atoms with Gasteiger partial charge in [0, 0.05) is 0 Å². The molecule has 0 atom stereocenters. The van der Waals surface area contributed by atoms with E-state index in [-0.39, 0.29) is 0 Å². The summed E-state index contributed by atoms with van der Waals surface area (Å²) in [6.07, 6.45) is 0. The Morgan fingerprint density at radius 3 is 1.00 bits per heavy atom. The third-order valence-electron chi connectivity index (χ3n) is 0. The number of hydrogen-bond donors (Lipinski definition) is 3. The van der Waals surface area contributed by atoms with E-state index in [2.05, 4.69) is 0 Å². The first-order chi connectivity index (χ1) is 1.73. The van der Waals surface area contributed by atoms with Crippen molar-refractivity contribution in [3.63, 3.8) is 0 Å². The van der Waals surface area contributed by atoms with Crippen LogP contribution in [0.3, 0.4) is 0 Å². The predicted molar refractivity (Wildman–Crippen MR) is 12.4 cm³/mol. The SMILES string of the molecule is O[Si](O)O.[Rf]. The predicted octanol–water partition coefficient (Wildman–Crippen LogP) is -2.05. The quantitative estimate of drug-likeness (QED) is 0.443. The van der Waals surface area contributed by atoms with Gasteiger partial charge in [0.25, 0.3) is 0 Å². The molecule has 5 heteroatoms. The van der Waals surface area contributed by atoms with E-state index in [0.717, 1.165) is 0 Å². The molecule has 0 fully saturated rings. The van der Waals surface area contributed by atoms with Gasteiger partial charge in [-0.25, -0.2) is 0 Å². The van der Waals surface area contributed by atoms with Crippen molar-refractivity contribution in [1.29, 1.82) is 0 Å². The molecule has 3 nitrogen and oxygen atoms in total. The Hall–Kier alpha value is -0.903. The van der Waals surface area contributed by atoms with Crippen molar-refractivity contribution in [3.05, 3.63) is 0 Å². The average Bonchev–Trinajstić information content (AvgIpc) is 0.811. The smallest absolute Gasteiger partial charge is 0.388 e. The van der Waals surface area contributed by atoms with Crippen LogP contribution in [-0.4, -0.2) is 23.9 Å². The van der Waals surface area contributed by atoms with Gasteiger partial charge in [0.2, 0.25) is 0 Å². The molecule has 0 unspecified atom stereocenters. The third kappa shape index (κ3) is 4.57. The molecule has 0 aromatic carbocycles. The zero-order valence-electron chi connectivity index (χ0n) is 2.55. The summed E-state index contributed by atoms with van der Waals surface area (Å²) in [4.78, 5) is 21.8. The van der Waals surface area contributed by atoms with Gasteiger partial charge in [0.15, 0.2) is 0 Å². The van der Waals surface area contributed by atoms with E-state index >= 15 is 0 Å². The zero-order chi connectivity index (χ0) is 3.58. The topological polar surface area (TPSA) is 60.7 Å². The van der Waals surface area contributed by atoms with E-state index in [0.29, 0.717) is 0 Å². The van der Waals surface area contributed by atoms with E-state index in [1.165, 1.54) is 0 Å². The van der Waals surface area contributed by atoms with Crippen LogP contribution in [0.15, 0.2) is 0 Å². The maximum absolute atomic E-state index is 7.27. The second-order valence-electron chi connectivity index (χ2n) is 0.300.